The van der Waals surface area contributed by atoms with E-state index in [1.807, 2.05) is 12.1 Å². The minimum Gasteiger partial charge on any atom is -0.344 e. The number of amides is 2. The zero-order chi connectivity index (χ0) is 15.3. The van der Waals surface area contributed by atoms with Crippen molar-refractivity contribution < 1.29 is 9.59 Å². The van der Waals surface area contributed by atoms with Gasteiger partial charge in [0, 0.05) is 23.2 Å². The van der Waals surface area contributed by atoms with E-state index in [0.717, 1.165) is 5.69 Å². The Hall–Kier alpha value is -1.55. The van der Waals surface area contributed by atoms with Gasteiger partial charge in [0.05, 0.1) is 0 Å². The first-order chi connectivity index (χ1) is 10.6. The van der Waals surface area contributed by atoms with Gasteiger partial charge in [-0.15, -0.1) is 0 Å². The van der Waals surface area contributed by atoms with Crippen LogP contribution in [-0.2, 0) is 9.59 Å². The number of anilines is 1. The third-order valence-electron chi connectivity index (χ3n) is 5.35. The lowest BCUT2D eigenvalue weighted by molar-refractivity contribution is -0.127. The maximum Gasteiger partial charge on any atom is 0.249 e. The van der Waals surface area contributed by atoms with Crippen molar-refractivity contribution in [3.05, 3.63) is 29.3 Å². The van der Waals surface area contributed by atoms with E-state index in [1.165, 1.54) is 19.3 Å². The highest BCUT2D eigenvalue weighted by Gasteiger charge is 2.57. The van der Waals surface area contributed by atoms with E-state index >= 15 is 0 Å². The number of carbonyl (C=O) groups excluding carboxylic acids is 2. The molecule has 2 saturated carbocycles. The molecule has 0 spiro atoms. The van der Waals surface area contributed by atoms with Gasteiger partial charge in [-0.05, 0) is 49.3 Å². The Bertz CT molecular complexity index is 623. The molecular weight excluding hydrogens is 300 g/mol. The lowest BCUT2D eigenvalue weighted by atomic mass is 10.1. The van der Waals surface area contributed by atoms with E-state index in [2.05, 4.69) is 5.32 Å². The SMILES string of the molecule is O=C(N[C@@H]1CCN(c2cccc(Cl)c2)C1=O)C1[C@H]2CCC[C@@H]12. The number of nitrogens with one attached hydrogen (secondary N) is 1. The van der Waals surface area contributed by atoms with Gasteiger partial charge in [-0.25, -0.2) is 0 Å². The van der Waals surface area contributed by atoms with E-state index in [4.69, 9.17) is 11.6 Å². The Labute approximate surface area is 134 Å². The minimum atomic E-state index is -0.382. The molecule has 1 saturated heterocycles. The van der Waals surface area contributed by atoms with Gasteiger partial charge in [0.25, 0.3) is 0 Å². The summed E-state index contributed by atoms with van der Waals surface area (Å²) < 4.78 is 0. The first kappa shape index (κ1) is 14.1. The molecule has 3 aliphatic rings. The average molecular weight is 319 g/mol. The second-order valence-corrected chi connectivity index (χ2v) is 7.04. The summed E-state index contributed by atoms with van der Waals surface area (Å²) in [6, 6.07) is 6.90. The number of hydrogen-bond donors (Lipinski definition) is 1. The highest BCUT2D eigenvalue weighted by molar-refractivity contribution is 6.31. The fraction of sp³-hybridized carbons (Fsp3) is 0.529. The maximum absolute atomic E-state index is 12.5. The first-order valence-corrected chi connectivity index (χ1v) is 8.40. The van der Waals surface area contributed by atoms with E-state index in [1.54, 1.807) is 17.0 Å². The van der Waals surface area contributed by atoms with Gasteiger partial charge < -0.3 is 10.2 Å². The van der Waals surface area contributed by atoms with Crippen LogP contribution < -0.4 is 10.2 Å². The molecule has 2 aliphatic carbocycles. The van der Waals surface area contributed by atoms with Gasteiger partial charge in [0.1, 0.15) is 6.04 Å². The van der Waals surface area contributed by atoms with Gasteiger partial charge in [0.2, 0.25) is 11.8 Å². The van der Waals surface area contributed by atoms with Crippen molar-refractivity contribution in [2.24, 2.45) is 17.8 Å². The number of carbonyl (C=O) groups is 2. The van der Waals surface area contributed by atoms with E-state index in [0.29, 0.717) is 29.8 Å². The Kier molecular flexibility index (Phi) is 3.37. The Morgan fingerprint density at radius 1 is 1.23 bits per heavy atom. The van der Waals surface area contributed by atoms with E-state index in [9.17, 15) is 9.59 Å². The molecule has 0 aromatic heterocycles. The van der Waals surface area contributed by atoms with Crippen LogP contribution >= 0.6 is 11.6 Å². The molecule has 1 aromatic rings. The number of rotatable bonds is 3. The standard InChI is InChI=1S/C17H19ClN2O2/c18-10-3-1-4-11(9-10)20-8-7-14(17(20)22)19-16(21)15-12-5-2-6-13(12)15/h1,3-4,9,12-15H,2,5-8H2,(H,19,21)/t12-,13+,14-,15?/m1/s1. The second kappa shape index (κ2) is 5.27. The third kappa shape index (κ3) is 2.30. The summed E-state index contributed by atoms with van der Waals surface area (Å²) in [6.07, 6.45) is 4.27. The molecule has 4 rings (SSSR count). The Morgan fingerprint density at radius 3 is 2.73 bits per heavy atom. The number of nitrogens with zero attached hydrogens (tertiary/aromatic N) is 1. The third-order valence-corrected chi connectivity index (χ3v) is 5.59. The largest absolute Gasteiger partial charge is 0.344 e. The maximum atomic E-state index is 12.5. The van der Waals surface area contributed by atoms with Crippen LogP contribution in [0.1, 0.15) is 25.7 Å². The molecule has 116 valence electrons. The van der Waals surface area contributed by atoms with Crippen LogP contribution in [0.4, 0.5) is 5.69 Å². The molecule has 1 heterocycles. The fourth-order valence-electron chi connectivity index (χ4n) is 4.19. The zero-order valence-corrected chi connectivity index (χ0v) is 13.1. The van der Waals surface area contributed by atoms with Crippen molar-refractivity contribution in [3.8, 4) is 0 Å². The van der Waals surface area contributed by atoms with Crippen LogP contribution in [0.5, 0.6) is 0 Å². The highest BCUT2D eigenvalue weighted by atomic mass is 35.5. The first-order valence-electron chi connectivity index (χ1n) is 8.02. The molecule has 4 nitrogen and oxygen atoms in total. The van der Waals surface area contributed by atoms with Crippen LogP contribution in [0.2, 0.25) is 5.02 Å². The van der Waals surface area contributed by atoms with Crippen LogP contribution in [0.25, 0.3) is 0 Å². The molecule has 0 bridgehead atoms. The zero-order valence-electron chi connectivity index (χ0n) is 12.3. The van der Waals surface area contributed by atoms with Crippen molar-refractivity contribution in [1.82, 2.24) is 5.32 Å². The van der Waals surface area contributed by atoms with E-state index < -0.39 is 0 Å². The number of fused-ring (bicyclic) bond motifs is 1. The van der Waals surface area contributed by atoms with Gasteiger partial charge in [-0.2, -0.15) is 0 Å². The predicted octanol–water partition coefficient (Wildman–Crippen LogP) is 2.61. The summed E-state index contributed by atoms with van der Waals surface area (Å²) in [7, 11) is 0. The molecule has 1 aromatic carbocycles. The Balaban J connectivity index is 1.40. The molecule has 1 aliphatic heterocycles. The lowest BCUT2D eigenvalue weighted by Gasteiger charge is -2.17. The van der Waals surface area contributed by atoms with Crippen molar-refractivity contribution in [3.63, 3.8) is 0 Å². The molecule has 3 fully saturated rings. The molecule has 5 heteroatoms. The summed E-state index contributed by atoms with van der Waals surface area (Å²) >= 11 is 5.99. The van der Waals surface area contributed by atoms with Gasteiger partial charge in [-0.1, -0.05) is 24.1 Å². The molecule has 2 amide bonds. The molecular formula is C17H19ClN2O2. The predicted molar refractivity (Wildman–Crippen MR) is 84.7 cm³/mol. The lowest BCUT2D eigenvalue weighted by Crippen LogP contribution is -2.42. The monoisotopic (exact) mass is 318 g/mol. The number of hydrogen-bond acceptors (Lipinski definition) is 2. The number of benzene rings is 1. The molecule has 1 unspecified atom stereocenters. The molecule has 0 radical (unpaired) electrons. The smallest absolute Gasteiger partial charge is 0.249 e. The highest BCUT2D eigenvalue weighted by Crippen LogP contribution is 2.57. The van der Waals surface area contributed by atoms with Crippen molar-refractivity contribution in [1.29, 1.82) is 0 Å². The van der Waals surface area contributed by atoms with Gasteiger partial charge in [0.15, 0.2) is 0 Å². The summed E-state index contributed by atoms with van der Waals surface area (Å²) in [4.78, 5) is 26.5. The van der Waals surface area contributed by atoms with Gasteiger partial charge >= 0.3 is 0 Å². The minimum absolute atomic E-state index is 0.0265. The van der Waals surface area contributed by atoms with E-state index in [-0.39, 0.29) is 23.8 Å². The summed E-state index contributed by atoms with van der Waals surface area (Å²) in [5, 5.41) is 3.58. The number of halogens is 1. The van der Waals surface area contributed by atoms with Crippen LogP contribution in [-0.4, -0.2) is 24.4 Å². The van der Waals surface area contributed by atoms with Gasteiger partial charge in [-0.3, -0.25) is 9.59 Å². The van der Waals surface area contributed by atoms with Crippen molar-refractivity contribution >= 4 is 29.1 Å². The van der Waals surface area contributed by atoms with Crippen LogP contribution in [0.15, 0.2) is 24.3 Å². The van der Waals surface area contributed by atoms with Crippen molar-refractivity contribution in [2.45, 2.75) is 31.7 Å². The summed E-state index contributed by atoms with van der Waals surface area (Å²) in [5.74, 6) is 1.39. The molecule has 22 heavy (non-hydrogen) atoms. The van der Waals surface area contributed by atoms with Crippen LogP contribution in [0, 0.1) is 17.8 Å². The second-order valence-electron chi connectivity index (χ2n) is 6.60. The average Bonchev–Trinajstić information content (AvgIpc) is 2.81. The summed E-state index contributed by atoms with van der Waals surface area (Å²) in [5.41, 5.74) is 0.803. The normalized spacial score (nSPS) is 33.0. The summed E-state index contributed by atoms with van der Waals surface area (Å²) in [6.45, 7) is 0.627. The molecule has 4 atom stereocenters. The van der Waals surface area contributed by atoms with Crippen LogP contribution in [0.3, 0.4) is 0 Å². The quantitative estimate of drug-likeness (QED) is 0.931. The fourth-order valence-corrected chi connectivity index (χ4v) is 4.38. The topological polar surface area (TPSA) is 49.4 Å². The molecule has 1 N–H and O–H groups in total. The van der Waals surface area contributed by atoms with Crippen molar-refractivity contribution in [2.75, 3.05) is 11.4 Å². The Morgan fingerprint density at radius 2 is 2.00 bits per heavy atom.